The average Bonchev–Trinajstić information content (AvgIpc) is 2.20. The molecule has 0 N–H and O–H groups in total. The van der Waals surface area contributed by atoms with Crippen molar-refractivity contribution in [2.24, 2.45) is 11.8 Å². The van der Waals surface area contributed by atoms with E-state index in [1.54, 1.807) is 0 Å². The molecular formula is C8H10O2. The zero-order valence-corrected chi connectivity index (χ0v) is 5.80. The highest BCUT2D eigenvalue weighted by atomic mass is 16.1. The van der Waals surface area contributed by atoms with E-state index >= 15 is 0 Å². The highest BCUT2D eigenvalue weighted by Crippen LogP contribution is 2.36. The zero-order valence-electron chi connectivity index (χ0n) is 5.80. The van der Waals surface area contributed by atoms with Crippen LogP contribution in [0.2, 0.25) is 0 Å². The van der Waals surface area contributed by atoms with Gasteiger partial charge in [-0.05, 0) is 12.8 Å². The molecular weight excluding hydrogens is 128 g/mol. The molecule has 2 bridgehead atoms. The highest BCUT2D eigenvalue weighted by molar-refractivity contribution is 5.97. The molecule has 0 unspecified atom stereocenters. The lowest BCUT2D eigenvalue weighted by molar-refractivity contribution is -0.134. The van der Waals surface area contributed by atoms with Crippen molar-refractivity contribution in [2.75, 3.05) is 0 Å². The van der Waals surface area contributed by atoms with Crippen molar-refractivity contribution >= 4 is 11.6 Å². The molecule has 0 spiro atoms. The number of fused-ring (bicyclic) bond motifs is 2. The maximum Gasteiger partial charge on any atom is 0.139 e. The first-order valence-electron chi connectivity index (χ1n) is 3.83. The molecule has 0 radical (unpaired) electrons. The third kappa shape index (κ3) is 0.713. The summed E-state index contributed by atoms with van der Waals surface area (Å²) < 4.78 is 0. The SMILES string of the molecule is O=C1C[C@@H]2CC[C@@H](C1)C2=O. The third-order valence-electron chi connectivity index (χ3n) is 2.62. The Morgan fingerprint density at radius 2 is 1.50 bits per heavy atom. The molecule has 0 aliphatic heterocycles. The second-order valence-electron chi connectivity index (χ2n) is 3.32. The van der Waals surface area contributed by atoms with Crippen molar-refractivity contribution in [1.82, 2.24) is 0 Å². The number of carbonyl (C=O) groups excluding carboxylic acids is 2. The van der Waals surface area contributed by atoms with Gasteiger partial charge in [-0.2, -0.15) is 0 Å². The van der Waals surface area contributed by atoms with E-state index in [1.807, 2.05) is 0 Å². The molecule has 2 aliphatic rings. The molecule has 10 heavy (non-hydrogen) atoms. The summed E-state index contributed by atoms with van der Waals surface area (Å²) in [4.78, 5) is 22.1. The standard InChI is InChI=1S/C8H10O2/c9-7-3-5-1-2-6(4-7)8(5)10/h5-6H,1-4H2/t5-,6-/m0/s1. The Bertz CT molecular complexity index is 177. The van der Waals surface area contributed by atoms with Crippen molar-refractivity contribution in [1.29, 1.82) is 0 Å². The number of Topliss-reactive ketones (excluding diaryl/α,β-unsaturated/α-hetero) is 2. The van der Waals surface area contributed by atoms with Crippen LogP contribution >= 0.6 is 0 Å². The first kappa shape index (κ1) is 6.08. The van der Waals surface area contributed by atoms with Crippen molar-refractivity contribution in [3.63, 3.8) is 0 Å². The summed E-state index contributed by atoms with van der Waals surface area (Å²) in [5, 5.41) is 0. The van der Waals surface area contributed by atoms with Gasteiger partial charge in [0.15, 0.2) is 0 Å². The highest BCUT2D eigenvalue weighted by Gasteiger charge is 2.40. The molecule has 54 valence electrons. The van der Waals surface area contributed by atoms with Crippen LogP contribution in [0.1, 0.15) is 25.7 Å². The average molecular weight is 138 g/mol. The number of hydrogen-bond donors (Lipinski definition) is 0. The van der Waals surface area contributed by atoms with Crippen LogP contribution < -0.4 is 0 Å². The molecule has 0 amide bonds. The molecule has 0 saturated heterocycles. The van der Waals surface area contributed by atoms with Crippen molar-refractivity contribution in [2.45, 2.75) is 25.7 Å². The monoisotopic (exact) mass is 138 g/mol. The minimum atomic E-state index is 0.117. The second-order valence-corrected chi connectivity index (χ2v) is 3.32. The Morgan fingerprint density at radius 1 is 1.00 bits per heavy atom. The number of hydrogen-bond acceptors (Lipinski definition) is 2. The Hall–Kier alpha value is -0.660. The second kappa shape index (κ2) is 1.91. The van der Waals surface area contributed by atoms with Gasteiger partial charge in [-0.15, -0.1) is 0 Å². The molecule has 2 heteroatoms. The van der Waals surface area contributed by atoms with Crippen LogP contribution in [-0.2, 0) is 9.59 Å². The van der Waals surface area contributed by atoms with E-state index in [9.17, 15) is 9.59 Å². The van der Waals surface area contributed by atoms with E-state index in [1.165, 1.54) is 0 Å². The van der Waals surface area contributed by atoms with Gasteiger partial charge in [0.1, 0.15) is 11.6 Å². The van der Waals surface area contributed by atoms with Crippen molar-refractivity contribution in [3.05, 3.63) is 0 Å². The van der Waals surface area contributed by atoms with Gasteiger partial charge in [0.05, 0.1) is 0 Å². The normalized spacial score (nSPS) is 38.8. The molecule has 0 aromatic carbocycles. The van der Waals surface area contributed by atoms with Gasteiger partial charge in [0, 0.05) is 24.7 Å². The fraction of sp³-hybridized carbons (Fsp3) is 0.750. The van der Waals surface area contributed by atoms with E-state index < -0.39 is 0 Å². The van der Waals surface area contributed by atoms with Gasteiger partial charge in [0.2, 0.25) is 0 Å². The van der Waals surface area contributed by atoms with Crippen LogP contribution in [0.15, 0.2) is 0 Å². The zero-order chi connectivity index (χ0) is 7.14. The molecule has 2 aliphatic carbocycles. The first-order chi connectivity index (χ1) is 4.77. The van der Waals surface area contributed by atoms with Gasteiger partial charge in [0.25, 0.3) is 0 Å². The first-order valence-corrected chi connectivity index (χ1v) is 3.83. The molecule has 2 nitrogen and oxygen atoms in total. The minimum absolute atomic E-state index is 0.117. The molecule has 0 heterocycles. The Morgan fingerprint density at radius 3 is 2.00 bits per heavy atom. The summed E-state index contributed by atoms with van der Waals surface area (Å²) in [6.45, 7) is 0. The molecule has 0 aromatic rings. The van der Waals surface area contributed by atoms with E-state index in [2.05, 4.69) is 0 Å². The predicted octanol–water partition coefficient (Wildman–Crippen LogP) is 0.945. The molecule has 2 saturated carbocycles. The van der Waals surface area contributed by atoms with Gasteiger partial charge in [-0.3, -0.25) is 9.59 Å². The lowest BCUT2D eigenvalue weighted by Crippen LogP contribution is -2.25. The van der Waals surface area contributed by atoms with Gasteiger partial charge in [-0.1, -0.05) is 0 Å². The molecule has 0 aromatic heterocycles. The fourth-order valence-corrected chi connectivity index (χ4v) is 2.06. The number of carbonyl (C=O) groups is 2. The van der Waals surface area contributed by atoms with E-state index in [0.29, 0.717) is 24.4 Å². The quantitative estimate of drug-likeness (QED) is 0.499. The summed E-state index contributed by atoms with van der Waals surface area (Å²) in [6, 6.07) is 0. The van der Waals surface area contributed by atoms with E-state index in [0.717, 1.165) is 12.8 Å². The topological polar surface area (TPSA) is 34.1 Å². The van der Waals surface area contributed by atoms with Crippen LogP contribution in [0, 0.1) is 11.8 Å². The lowest BCUT2D eigenvalue weighted by atomic mass is 9.87. The van der Waals surface area contributed by atoms with Crippen LogP contribution in [0.5, 0.6) is 0 Å². The largest absolute Gasteiger partial charge is 0.300 e. The minimum Gasteiger partial charge on any atom is -0.300 e. The van der Waals surface area contributed by atoms with Crippen LogP contribution in [-0.4, -0.2) is 11.6 Å². The Kier molecular flexibility index (Phi) is 1.16. The lowest BCUT2D eigenvalue weighted by Gasteiger charge is -2.15. The van der Waals surface area contributed by atoms with Crippen LogP contribution in [0.25, 0.3) is 0 Å². The third-order valence-corrected chi connectivity index (χ3v) is 2.62. The summed E-state index contributed by atoms with van der Waals surface area (Å²) in [5.41, 5.74) is 0. The maximum absolute atomic E-state index is 11.2. The number of ketones is 2. The molecule has 2 rings (SSSR count). The summed E-state index contributed by atoms with van der Waals surface area (Å²) in [5.74, 6) is 0.893. The Balaban J connectivity index is 2.24. The fourth-order valence-electron chi connectivity index (χ4n) is 2.06. The van der Waals surface area contributed by atoms with Crippen LogP contribution in [0.4, 0.5) is 0 Å². The molecule has 2 atom stereocenters. The van der Waals surface area contributed by atoms with Crippen molar-refractivity contribution < 1.29 is 9.59 Å². The predicted molar refractivity (Wildman–Crippen MR) is 35.5 cm³/mol. The van der Waals surface area contributed by atoms with Gasteiger partial charge >= 0.3 is 0 Å². The summed E-state index contributed by atoms with van der Waals surface area (Å²) in [7, 11) is 0. The summed E-state index contributed by atoms with van der Waals surface area (Å²) >= 11 is 0. The van der Waals surface area contributed by atoms with E-state index in [4.69, 9.17) is 0 Å². The Labute approximate surface area is 59.6 Å². The molecule has 2 fully saturated rings. The smallest absolute Gasteiger partial charge is 0.139 e. The van der Waals surface area contributed by atoms with Gasteiger partial charge < -0.3 is 0 Å². The van der Waals surface area contributed by atoms with E-state index in [-0.39, 0.29) is 11.8 Å². The van der Waals surface area contributed by atoms with Gasteiger partial charge in [-0.25, -0.2) is 0 Å². The summed E-state index contributed by atoms with van der Waals surface area (Å²) in [6.07, 6.45) is 3.01. The van der Waals surface area contributed by atoms with Crippen molar-refractivity contribution in [3.8, 4) is 0 Å². The number of rotatable bonds is 0. The van der Waals surface area contributed by atoms with Crippen LogP contribution in [0.3, 0.4) is 0 Å². The maximum atomic E-state index is 11.2.